The molecule has 0 amide bonds. The Kier molecular flexibility index (Phi) is 5.77. The van der Waals surface area contributed by atoms with E-state index in [0.717, 1.165) is 74.3 Å². The molecule has 0 aromatic heterocycles. The minimum atomic E-state index is 1.02. The van der Waals surface area contributed by atoms with Gasteiger partial charge in [-0.15, -0.1) is 0 Å². The molecule has 30 heavy (non-hydrogen) atoms. The van der Waals surface area contributed by atoms with Crippen molar-refractivity contribution >= 4 is 102 Å². The molecule has 140 valence electrons. The second-order valence-corrected chi connectivity index (χ2v) is 11.4. The zero-order chi connectivity index (χ0) is 20.5. The van der Waals surface area contributed by atoms with Crippen LogP contribution in [0.3, 0.4) is 0 Å². The summed E-state index contributed by atoms with van der Waals surface area (Å²) in [6, 6.07) is 34.6. The van der Waals surface area contributed by atoms with Crippen LogP contribution in [0, 0.1) is 0 Å². The molecule has 0 atom stereocenters. The van der Waals surface area contributed by atoms with Gasteiger partial charge in [0.25, 0.3) is 0 Å². The quantitative estimate of drug-likeness (QED) is 0.250. The first-order valence-electron chi connectivity index (χ1n) is 9.80. The van der Waals surface area contributed by atoms with E-state index in [1.165, 1.54) is 27.8 Å². The predicted molar refractivity (Wildman–Crippen MR) is 132 cm³/mol. The van der Waals surface area contributed by atoms with Crippen molar-refractivity contribution in [1.82, 2.24) is 0 Å². The van der Waals surface area contributed by atoms with Gasteiger partial charge in [-0.05, 0) is 0 Å². The van der Waals surface area contributed by atoms with Crippen molar-refractivity contribution < 1.29 is 0 Å². The van der Waals surface area contributed by atoms with Crippen molar-refractivity contribution in [1.29, 1.82) is 0 Å². The standard InChI is InChI=1S/C26H18N2.2Pb/c1-3-13-21-19(9-1)11-7-17-23(21)27-25-15-5-6-16-26(25)28-24-18-8-12-20-10-2-4-14-22(20)24;;/h1-12,15-18,27-28H;;. The number of anilines is 4. The van der Waals surface area contributed by atoms with Gasteiger partial charge in [-0.2, -0.15) is 0 Å². The second-order valence-electron chi connectivity index (χ2n) is 7.21. The van der Waals surface area contributed by atoms with E-state index in [0.29, 0.717) is 0 Å². The Hall–Kier alpha value is -1.94. The predicted octanol–water partition coefficient (Wildman–Crippen LogP) is 5.07. The van der Waals surface area contributed by atoms with Crippen molar-refractivity contribution in [3.8, 4) is 0 Å². The third kappa shape index (κ3) is 3.87. The Bertz CT molecular complexity index is 1260. The summed E-state index contributed by atoms with van der Waals surface area (Å²) in [4.78, 5) is 0. The van der Waals surface area contributed by atoms with E-state index in [4.69, 9.17) is 0 Å². The van der Waals surface area contributed by atoms with Crippen LogP contribution in [0.2, 0.25) is 0 Å². The van der Waals surface area contributed by atoms with Gasteiger partial charge in [0.15, 0.2) is 0 Å². The van der Waals surface area contributed by atoms with Gasteiger partial charge in [0, 0.05) is 0 Å². The van der Waals surface area contributed by atoms with Gasteiger partial charge in [-0.25, -0.2) is 0 Å². The Labute approximate surface area is 208 Å². The van der Waals surface area contributed by atoms with Gasteiger partial charge in [0.1, 0.15) is 0 Å². The van der Waals surface area contributed by atoms with Crippen molar-refractivity contribution in [2.45, 2.75) is 0 Å². The van der Waals surface area contributed by atoms with E-state index in [2.05, 4.69) is 108 Å². The molecule has 0 aliphatic heterocycles. The van der Waals surface area contributed by atoms with Crippen LogP contribution in [0.1, 0.15) is 0 Å². The van der Waals surface area contributed by atoms with Gasteiger partial charge in [0.05, 0.1) is 0 Å². The molecule has 0 heterocycles. The van der Waals surface area contributed by atoms with Gasteiger partial charge in [-0.1, -0.05) is 0 Å². The number of hydrogen-bond donors (Lipinski definition) is 2. The molecule has 5 rings (SSSR count). The summed E-state index contributed by atoms with van der Waals surface area (Å²) in [6.45, 7) is 0. The van der Waals surface area contributed by atoms with E-state index in [9.17, 15) is 0 Å². The summed E-state index contributed by atoms with van der Waals surface area (Å²) in [5.74, 6) is 0. The summed E-state index contributed by atoms with van der Waals surface area (Å²) in [5, 5.41) is 12.6. The maximum absolute atomic E-state index is 3.71. The molecule has 0 aliphatic carbocycles. The molecule has 6 radical (unpaired) electrons. The first-order chi connectivity index (χ1) is 14.7. The third-order valence-electron chi connectivity index (χ3n) is 5.28. The van der Waals surface area contributed by atoms with Gasteiger partial charge in [-0.3, -0.25) is 0 Å². The van der Waals surface area contributed by atoms with Crippen molar-refractivity contribution in [2.24, 2.45) is 0 Å². The van der Waals surface area contributed by atoms with Crippen LogP contribution < -0.4 is 16.9 Å². The van der Waals surface area contributed by atoms with Crippen molar-refractivity contribution in [2.75, 3.05) is 10.6 Å². The summed E-state index contributed by atoms with van der Waals surface area (Å²) in [7, 11) is 0. The molecule has 2 N–H and O–H groups in total. The monoisotopic (exact) mass is 774 g/mol. The van der Waals surface area contributed by atoms with Crippen LogP contribution in [-0.4, -0.2) is 51.5 Å². The van der Waals surface area contributed by atoms with Gasteiger partial charge >= 0.3 is 210 Å². The molecule has 5 aromatic carbocycles. The first-order valence-corrected chi connectivity index (χ1v) is 13.7. The second kappa shape index (κ2) is 8.66. The van der Waals surface area contributed by atoms with Crippen LogP contribution in [0.25, 0.3) is 21.5 Å². The molecular weight excluding hydrogens is 755 g/mol. The van der Waals surface area contributed by atoms with E-state index in [-0.39, 0.29) is 0 Å². The van der Waals surface area contributed by atoms with Gasteiger partial charge < -0.3 is 0 Å². The zero-order valence-corrected chi connectivity index (χ0v) is 24.0. The van der Waals surface area contributed by atoms with Crippen LogP contribution >= 0.6 is 0 Å². The molecule has 2 nitrogen and oxygen atoms in total. The molecule has 0 saturated carbocycles. The number of hydrogen-bond acceptors (Lipinski definition) is 2. The maximum atomic E-state index is 3.71. The Morgan fingerprint density at radius 1 is 0.400 bits per heavy atom. The van der Waals surface area contributed by atoms with Crippen LogP contribution in [0.15, 0.2) is 97.1 Å². The Morgan fingerprint density at radius 2 is 0.767 bits per heavy atom. The molecule has 5 aromatic rings. The van der Waals surface area contributed by atoms with Crippen molar-refractivity contribution in [3.05, 3.63) is 97.1 Å². The van der Waals surface area contributed by atoms with Crippen LogP contribution in [-0.2, 0) is 0 Å². The van der Waals surface area contributed by atoms with Crippen molar-refractivity contribution in [3.63, 3.8) is 0 Å². The van der Waals surface area contributed by atoms with Crippen LogP contribution in [0.5, 0.6) is 0 Å². The molecular formula is C26H18N2Pb2. The number of benzene rings is 5. The van der Waals surface area contributed by atoms with Crippen LogP contribution in [0.4, 0.5) is 22.7 Å². The molecule has 0 saturated heterocycles. The van der Waals surface area contributed by atoms with E-state index < -0.39 is 0 Å². The van der Waals surface area contributed by atoms with E-state index >= 15 is 0 Å². The fraction of sp³-hybridized carbons (Fsp3) is 0. The Balaban J connectivity index is 1.57. The van der Waals surface area contributed by atoms with E-state index in [1.54, 1.807) is 0 Å². The molecule has 0 spiro atoms. The fourth-order valence-electron chi connectivity index (χ4n) is 3.88. The number of para-hydroxylation sites is 2. The number of rotatable bonds is 4. The van der Waals surface area contributed by atoms with Gasteiger partial charge in [0.2, 0.25) is 0 Å². The minimum absolute atomic E-state index is 1.02. The molecule has 0 fully saturated rings. The zero-order valence-electron chi connectivity index (χ0n) is 16.2. The van der Waals surface area contributed by atoms with E-state index in [1.807, 2.05) is 0 Å². The number of nitrogens with one attached hydrogen (secondary N) is 2. The topological polar surface area (TPSA) is 24.1 Å². The molecule has 0 unspecified atom stereocenters. The average molecular weight is 773 g/mol. The number of fused-ring (bicyclic) bond motifs is 2. The summed E-state index contributed by atoms with van der Waals surface area (Å²) in [5.41, 5.74) is 4.48. The first kappa shape index (κ1) is 20.0. The molecule has 0 aliphatic rings. The third-order valence-corrected chi connectivity index (χ3v) is 8.51. The SMILES string of the molecule is [Pb][c]1cccc2cccc(Nc3ccccc3Nc3cccc4ccc[c]([Pb])c34)c12. The Morgan fingerprint density at radius 3 is 1.20 bits per heavy atom. The normalized spacial score (nSPS) is 11.0. The summed E-state index contributed by atoms with van der Waals surface area (Å²) >= 11 is 2.04. The fourth-order valence-corrected chi connectivity index (χ4v) is 6.80. The molecule has 4 heteroatoms. The average Bonchev–Trinajstić information content (AvgIpc) is 2.76. The molecule has 0 bridgehead atoms. The summed E-state index contributed by atoms with van der Waals surface area (Å²) in [6.07, 6.45) is 0. The summed E-state index contributed by atoms with van der Waals surface area (Å²) < 4.78 is 2.83.